The van der Waals surface area contributed by atoms with Gasteiger partial charge >= 0.3 is 0 Å². The zero-order valence-electron chi connectivity index (χ0n) is 11.4. The van der Waals surface area contributed by atoms with E-state index in [1.807, 2.05) is 12.1 Å². The second-order valence-corrected chi connectivity index (χ2v) is 6.07. The molecule has 0 aromatic heterocycles. The zero-order chi connectivity index (χ0) is 13.8. The molecule has 2 nitrogen and oxygen atoms in total. The molecule has 0 atom stereocenters. The van der Waals surface area contributed by atoms with Gasteiger partial charge in [0.05, 0.1) is 0 Å². The van der Waals surface area contributed by atoms with E-state index in [9.17, 15) is 0 Å². The van der Waals surface area contributed by atoms with Gasteiger partial charge in [-0.25, -0.2) is 0 Å². The minimum absolute atomic E-state index is 0.401. The Morgan fingerprint density at radius 1 is 1.47 bits per heavy atom. The Morgan fingerprint density at radius 2 is 2.21 bits per heavy atom. The van der Waals surface area contributed by atoms with Gasteiger partial charge in [0.15, 0.2) is 0 Å². The topological polar surface area (TPSA) is 29.3 Å². The van der Waals surface area contributed by atoms with Crippen LogP contribution in [0.1, 0.15) is 43.7 Å². The van der Waals surface area contributed by atoms with Gasteiger partial charge in [-0.3, -0.25) is 4.90 Å². The van der Waals surface area contributed by atoms with Crippen molar-refractivity contribution < 1.29 is 0 Å². The summed E-state index contributed by atoms with van der Waals surface area (Å²) in [4.78, 5) is 2.95. The lowest BCUT2D eigenvalue weighted by atomic mass is 10.1. The Hall–Kier alpha value is -0.640. The van der Waals surface area contributed by atoms with Crippen molar-refractivity contribution in [3.05, 3.63) is 34.3 Å². The first kappa shape index (κ1) is 14.8. The number of halogens is 1. The van der Waals surface area contributed by atoms with Crippen LogP contribution in [0.3, 0.4) is 0 Å². The highest BCUT2D eigenvalue weighted by molar-refractivity contribution is 7.80. The highest BCUT2D eigenvalue weighted by Gasteiger charge is 2.28. The lowest BCUT2D eigenvalue weighted by Gasteiger charge is -2.22. The number of unbranched alkanes of at least 4 members (excludes halogenated alkanes) is 1. The maximum atomic E-state index is 6.33. The van der Waals surface area contributed by atoms with Crippen molar-refractivity contribution in [1.29, 1.82) is 0 Å². The summed E-state index contributed by atoms with van der Waals surface area (Å²) in [7, 11) is 0. The first-order valence-electron chi connectivity index (χ1n) is 6.94. The normalized spacial score (nSPS) is 14.9. The minimum Gasteiger partial charge on any atom is -0.389 e. The molecule has 0 unspecified atom stereocenters. The second kappa shape index (κ2) is 6.69. The average Bonchev–Trinajstić information content (AvgIpc) is 3.20. The van der Waals surface area contributed by atoms with E-state index in [0.717, 1.165) is 29.7 Å². The molecule has 0 aliphatic heterocycles. The Labute approximate surface area is 125 Å². The SMILES string of the molecule is CCCCN(Cc1ccc(C(N)=S)cc1Cl)C1CC1. The number of benzene rings is 1. The fraction of sp³-hybridized carbons (Fsp3) is 0.533. The van der Waals surface area contributed by atoms with E-state index in [2.05, 4.69) is 17.9 Å². The van der Waals surface area contributed by atoms with Gasteiger partial charge in [-0.1, -0.05) is 49.3 Å². The predicted molar refractivity (Wildman–Crippen MR) is 85.7 cm³/mol. The minimum atomic E-state index is 0.401. The van der Waals surface area contributed by atoms with E-state index < -0.39 is 0 Å². The van der Waals surface area contributed by atoms with E-state index in [-0.39, 0.29) is 0 Å². The van der Waals surface area contributed by atoms with Gasteiger partial charge in [0.1, 0.15) is 4.99 Å². The average molecular weight is 297 g/mol. The molecule has 1 aliphatic carbocycles. The van der Waals surface area contributed by atoms with E-state index in [4.69, 9.17) is 29.6 Å². The number of nitrogens with zero attached hydrogens (tertiary/aromatic N) is 1. The van der Waals surface area contributed by atoms with Crippen molar-refractivity contribution in [1.82, 2.24) is 4.90 Å². The molecule has 19 heavy (non-hydrogen) atoms. The molecular formula is C15H21ClN2S. The fourth-order valence-corrected chi connectivity index (χ4v) is 2.61. The molecule has 0 heterocycles. The third-order valence-electron chi connectivity index (χ3n) is 3.57. The molecule has 2 N–H and O–H groups in total. The van der Waals surface area contributed by atoms with Crippen LogP contribution in [0.5, 0.6) is 0 Å². The summed E-state index contributed by atoms with van der Waals surface area (Å²) in [5, 5.41) is 0.771. The summed E-state index contributed by atoms with van der Waals surface area (Å²) >= 11 is 11.3. The lowest BCUT2D eigenvalue weighted by Crippen LogP contribution is -2.26. The van der Waals surface area contributed by atoms with Crippen LogP contribution in [0.4, 0.5) is 0 Å². The first-order chi connectivity index (χ1) is 9.11. The summed E-state index contributed by atoms with van der Waals surface area (Å²) in [6.07, 6.45) is 5.13. The van der Waals surface area contributed by atoms with Gasteiger partial charge in [0.2, 0.25) is 0 Å². The van der Waals surface area contributed by atoms with Crippen LogP contribution in [0, 0.1) is 0 Å². The highest BCUT2D eigenvalue weighted by Crippen LogP contribution is 2.30. The van der Waals surface area contributed by atoms with Crippen molar-refractivity contribution in [2.24, 2.45) is 5.73 Å². The quantitative estimate of drug-likeness (QED) is 0.777. The molecule has 4 heteroatoms. The van der Waals surface area contributed by atoms with Crippen LogP contribution in [-0.4, -0.2) is 22.5 Å². The van der Waals surface area contributed by atoms with Crippen LogP contribution in [0.15, 0.2) is 18.2 Å². The molecule has 0 radical (unpaired) electrons. The maximum absolute atomic E-state index is 6.33. The van der Waals surface area contributed by atoms with Gasteiger partial charge in [-0.15, -0.1) is 0 Å². The summed E-state index contributed by atoms with van der Waals surface area (Å²) < 4.78 is 0. The van der Waals surface area contributed by atoms with E-state index >= 15 is 0 Å². The smallest absolute Gasteiger partial charge is 0.104 e. The van der Waals surface area contributed by atoms with Crippen molar-refractivity contribution in [3.63, 3.8) is 0 Å². The molecular weight excluding hydrogens is 276 g/mol. The molecule has 104 valence electrons. The number of rotatable bonds is 7. The fourth-order valence-electron chi connectivity index (χ4n) is 2.24. The largest absolute Gasteiger partial charge is 0.389 e. The molecule has 1 fully saturated rings. The lowest BCUT2D eigenvalue weighted by molar-refractivity contribution is 0.251. The zero-order valence-corrected chi connectivity index (χ0v) is 12.9. The third-order valence-corrected chi connectivity index (χ3v) is 4.16. The van der Waals surface area contributed by atoms with E-state index in [0.29, 0.717) is 4.99 Å². The van der Waals surface area contributed by atoms with E-state index in [1.54, 1.807) is 0 Å². The van der Waals surface area contributed by atoms with Crippen LogP contribution in [0.25, 0.3) is 0 Å². The monoisotopic (exact) mass is 296 g/mol. The third kappa shape index (κ3) is 4.16. The predicted octanol–water partition coefficient (Wildman–Crippen LogP) is 3.74. The molecule has 1 aromatic carbocycles. The van der Waals surface area contributed by atoms with Crippen molar-refractivity contribution >= 4 is 28.8 Å². The molecule has 0 amide bonds. The second-order valence-electron chi connectivity index (χ2n) is 5.23. The maximum Gasteiger partial charge on any atom is 0.104 e. The van der Waals surface area contributed by atoms with Crippen molar-refractivity contribution in [3.8, 4) is 0 Å². The molecule has 2 rings (SSSR count). The molecule has 0 spiro atoms. The van der Waals surface area contributed by atoms with Gasteiger partial charge in [0, 0.05) is 23.2 Å². The van der Waals surface area contributed by atoms with E-state index in [1.165, 1.54) is 31.2 Å². The van der Waals surface area contributed by atoms with Crippen LogP contribution < -0.4 is 5.73 Å². The van der Waals surface area contributed by atoms with Gasteiger partial charge < -0.3 is 5.73 Å². The van der Waals surface area contributed by atoms with Crippen molar-refractivity contribution in [2.45, 2.75) is 45.2 Å². The molecule has 0 saturated heterocycles. The van der Waals surface area contributed by atoms with Gasteiger partial charge in [0.25, 0.3) is 0 Å². The standard InChI is InChI=1S/C15H21ClN2S/c1-2-3-8-18(13-6-7-13)10-12-5-4-11(15(17)19)9-14(12)16/h4-5,9,13H,2-3,6-8,10H2,1H3,(H2,17,19). The first-order valence-corrected chi connectivity index (χ1v) is 7.72. The molecule has 0 bridgehead atoms. The Kier molecular flexibility index (Phi) is 5.20. The summed E-state index contributed by atoms with van der Waals surface area (Å²) in [6, 6.07) is 6.66. The molecule has 1 saturated carbocycles. The van der Waals surface area contributed by atoms with Gasteiger partial charge in [-0.05, 0) is 37.4 Å². The Bertz CT molecular complexity index is 457. The summed E-state index contributed by atoms with van der Waals surface area (Å²) in [6.45, 7) is 4.32. The van der Waals surface area contributed by atoms with Crippen LogP contribution >= 0.6 is 23.8 Å². The number of hydrogen-bond donors (Lipinski definition) is 1. The molecule has 1 aliphatic rings. The highest BCUT2D eigenvalue weighted by atomic mass is 35.5. The van der Waals surface area contributed by atoms with Crippen LogP contribution in [-0.2, 0) is 6.54 Å². The van der Waals surface area contributed by atoms with Gasteiger partial charge in [-0.2, -0.15) is 0 Å². The molecule has 1 aromatic rings. The number of nitrogens with two attached hydrogens (primary N) is 1. The number of hydrogen-bond acceptors (Lipinski definition) is 2. The van der Waals surface area contributed by atoms with Crippen LogP contribution in [0.2, 0.25) is 5.02 Å². The summed E-state index contributed by atoms with van der Waals surface area (Å²) in [5.41, 5.74) is 7.63. The summed E-state index contributed by atoms with van der Waals surface area (Å²) in [5.74, 6) is 0. The Balaban J connectivity index is 2.06. The Morgan fingerprint density at radius 3 is 2.74 bits per heavy atom. The number of thiocarbonyl (C=S) groups is 1. The van der Waals surface area contributed by atoms with Crippen molar-refractivity contribution in [2.75, 3.05) is 6.54 Å².